The average Bonchev–Trinajstić information content (AvgIpc) is 2.95. The summed E-state index contributed by atoms with van der Waals surface area (Å²) in [5.41, 5.74) is 1.62. The number of hydrogen-bond donors (Lipinski definition) is 1. The Morgan fingerprint density at radius 1 is 1.39 bits per heavy atom. The summed E-state index contributed by atoms with van der Waals surface area (Å²) in [5.74, 6) is -0.434. The first-order chi connectivity index (χ1) is 10.9. The number of carbonyl (C=O) groups excluding carboxylic acids is 1. The molecule has 122 valence electrons. The van der Waals surface area contributed by atoms with Gasteiger partial charge in [-0.3, -0.25) is 4.79 Å². The number of nitrogens with one attached hydrogen (secondary N) is 1. The number of rotatable bonds is 2. The number of benzene rings is 1. The minimum Gasteiger partial charge on any atom is -0.334 e. The van der Waals surface area contributed by atoms with Crippen LogP contribution in [0.4, 0.5) is 4.39 Å². The number of aryl methyl sites for hydroxylation is 1. The molecule has 6 nitrogen and oxygen atoms in total. The van der Waals surface area contributed by atoms with E-state index < -0.39 is 0 Å². The average molecular weight is 317 g/mol. The number of aromatic nitrogens is 3. The smallest absolute Gasteiger partial charge is 0.276 e. The van der Waals surface area contributed by atoms with E-state index in [1.165, 1.54) is 16.8 Å². The molecular weight excluding hydrogens is 297 g/mol. The lowest BCUT2D eigenvalue weighted by Gasteiger charge is -2.38. The summed E-state index contributed by atoms with van der Waals surface area (Å²) < 4.78 is 14.7. The molecule has 0 unspecified atom stereocenters. The standard InChI is InChI=1S/C16H20FN5O/c1-11-8-12(17)4-5-14(11)22-9-13(19-20-22)15(23)21-7-6-18-16(2,3)10-21/h4-5,8-9,18H,6-7,10H2,1-3H3. The number of piperazine rings is 1. The van der Waals surface area contributed by atoms with Gasteiger partial charge in [0.15, 0.2) is 5.69 Å². The molecule has 1 aromatic heterocycles. The van der Waals surface area contributed by atoms with Gasteiger partial charge in [-0.1, -0.05) is 5.21 Å². The summed E-state index contributed by atoms with van der Waals surface area (Å²) in [6, 6.07) is 4.42. The first-order valence-electron chi connectivity index (χ1n) is 7.59. The molecular formula is C16H20FN5O. The Morgan fingerprint density at radius 3 is 2.87 bits per heavy atom. The number of carbonyl (C=O) groups is 1. The summed E-state index contributed by atoms with van der Waals surface area (Å²) >= 11 is 0. The van der Waals surface area contributed by atoms with Crippen molar-refractivity contribution in [1.29, 1.82) is 0 Å². The number of amides is 1. The van der Waals surface area contributed by atoms with Gasteiger partial charge in [-0.25, -0.2) is 9.07 Å². The molecule has 0 spiro atoms. The Labute approximate surface area is 134 Å². The zero-order valence-electron chi connectivity index (χ0n) is 13.5. The number of hydrogen-bond acceptors (Lipinski definition) is 4. The molecule has 0 bridgehead atoms. The lowest BCUT2D eigenvalue weighted by atomic mass is 10.0. The minimum absolute atomic E-state index is 0.114. The summed E-state index contributed by atoms with van der Waals surface area (Å²) in [6.07, 6.45) is 1.59. The van der Waals surface area contributed by atoms with Crippen molar-refractivity contribution >= 4 is 5.91 Å². The van der Waals surface area contributed by atoms with Gasteiger partial charge in [-0.15, -0.1) is 5.10 Å². The summed E-state index contributed by atoms with van der Waals surface area (Å²) in [4.78, 5) is 14.4. The Morgan fingerprint density at radius 2 is 2.17 bits per heavy atom. The zero-order chi connectivity index (χ0) is 16.6. The first-order valence-corrected chi connectivity index (χ1v) is 7.59. The fourth-order valence-electron chi connectivity index (χ4n) is 2.83. The molecule has 1 amide bonds. The maximum absolute atomic E-state index is 13.2. The molecule has 23 heavy (non-hydrogen) atoms. The molecule has 7 heteroatoms. The van der Waals surface area contributed by atoms with Crippen molar-refractivity contribution in [2.45, 2.75) is 26.3 Å². The molecule has 1 fully saturated rings. The first kappa shape index (κ1) is 15.6. The van der Waals surface area contributed by atoms with Gasteiger partial charge in [0.25, 0.3) is 5.91 Å². The molecule has 0 saturated carbocycles. The largest absolute Gasteiger partial charge is 0.334 e. The van der Waals surface area contributed by atoms with Gasteiger partial charge < -0.3 is 10.2 Å². The van der Waals surface area contributed by atoms with E-state index in [9.17, 15) is 9.18 Å². The molecule has 1 saturated heterocycles. The van der Waals surface area contributed by atoms with Gasteiger partial charge in [0.1, 0.15) is 5.82 Å². The van der Waals surface area contributed by atoms with E-state index in [1.807, 2.05) is 0 Å². The van der Waals surface area contributed by atoms with Crippen LogP contribution in [0.3, 0.4) is 0 Å². The second kappa shape index (κ2) is 5.73. The highest BCUT2D eigenvalue weighted by atomic mass is 19.1. The van der Waals surface area contributed by atoms with Crippen molar-refractivity contribution in [3.05, 3.63) is 41.5 Å². The van der Waals surface area contributed by atoms with E-state index >= 15 is 0 Å². The van der Waals surface area contributed by atoms with Crippen LogP contribution in [0.25, 0.3) is 5.69 Å². The van der Waals surface area contributed by atoms with Crippen molar-refractivity contribution in [1.82, 2.24) is 25.2 Å². The fraction of sp³-hybridized carbons (Fsp3) is 0.438. The van der Waals surface area contributed by atoms with Crippen LogP contribution in [0, 0.1) is 12.7 Å². The quantitative estimate of drug-likeness (QED) is 0.912. The second-order valence-corrected chi connectivity index (χ2v) is 6.52. The Balaban J connectivity index is 1.82. The second-order valence-electron chi connectivity index (χ2n) is 6.52. The van der Waals surface area contributed by atoms with Gasteiger partial charge in [-0.2, -0.15) is 0 Å². The molecule has 1 N–H and O–H groups in total. The molecule has 3 rings (SSSR count). The molecule has 2 heterocycles. The highest BCUT2D eigenvalue weighted by Gasteiger charge is 2.30. The normalized spacial score (nSPS) is 17.3. The van der Waals surface area contributed by atoms with Crippen molar-refractivity contribution in [2.75, 3.05) is 19.6 Å². The SMILES string of the molecule is Cc1cc(F)ccc1-n1cc(C(=O)N2CCNC(C)(C)C2)nn1. The van der Waals surface area contributed by atoms with Gasteiger partial charge in [0, 0.05) is 25.2 Å². The monoisotopic (exact) mass is 317 g/mol. The van der Waals surface area contributed by atoms with Crippen molar-refractivity contribution in [2.24, 2.45) is 0 Å². The van der Waals surface area contributed by atoms with Gasteiger partial charge in [0.05, 0.1) is 11.9 Å². The lowest BCUT2D eigenvalue weighted by Crippen LogP contribution is -2.58. The van der Waals surface area contributed by atoms with Crippen LogP contribution in [-0.4, -0.2) is 51.0 Å². The summed E-state index contributed by atoms with van der Waals surface area (Å²) in [6.45, 7) is 7.93. The van der Waals surface area contributed by atoms with Crippen molar-refractivity contribution < 1.29 is 9.18 Å². The highest BCUT2D eigenvalue weighted by Crippen LogP contribution is 2.16. The molecule has 1 aromatic carbocycles. The molecule has 0 atom stereocenters. The van der Waals surface area contributed by atoms with E-state index in [0.717, 1.165) is 12.1 Å². The third kappa shape index (κ3) is 3.24. The molecule has 0 aliphatic carbocycles. The van der Waals surface area contributed by atoms with Gasteiger partial charge in [0.2, 0.25) is 0 Å². The predicted molar refractivity (Wildman–Crippen MR) is 84.0 cm³/mol. The Kier molecular flexibility index (Phi) is 3.89. The molecule has 2 aromatic rings. The summed E-state index contributed by atoms with van der Waals surface area (Å²) in [5, 5.41) is 11.4. The number of nitrogens with zero attached hydrogens (tertiary/aromatic N) is 4. The highest BCUT2D eigenvalue weighted by molar-refractivity contribution is 5.92. The van der Waals surface area contributed by atoms with Crippen LogP contribution in [-0.2, 0) is 0 Å². The third-order valence-electron chi connectivity index (χ3n) is 3.98. The van der Waals surface area contributed by atoms with E-state index in [4.69, 9.17) is 0 Å². The van der Waals surface area contributed by atoms with Crippen LogP contribution in [0.15, 0.2) is 24.4 Å². The van der Waals surface area contributed by atoms with E-state index in [-0.39, 0.29) is 17.3 Å². The zero-order valence-corrected chi connectivity index (χ0v) is 13.5. The topological polar surface area (TPSA) is 63.1 Å². The van der Waals surface area contributed by atoms with Crippen LogP contribution in [0.1, 0.15) is 29.9 Å². The Hall–Kier alpha value is -2.28. The van der Waals surface area contributed by atoms with E-state index in [2.05, 4.69) is 29.5 Å². The molecule has 0 radical (unpaired) electrons. The van der Waals surface area contributed by atoms with Crippen molar-refractivity contribution in [3.63, 3.8) is 0 Å². The van der Waals surface area contributed by atoms with E-state index in [0.29, 0.717) is 24.5 Å². The minimum atomic E-state index is -0.300. The van der Waals surface area contributed by atoms with Gasteiger partial charge >= 0.3 is 0 Å². The predicted octanol–water partition coefficient (Wildman–Crippen LogP) is 1.54. The van der Waals surface area contributed by atoms with Crippen LogP contribution < -0.4 is 5.32 Å². The molecule has 1 aliphatic heterocycles. The lowest BCUT2D eigenvalue weighted by molar-refractivity contribution is 0.0646. The maximum Gasteiger partial charge on any atom is 0.276 e. The van der Waals surface area contributed by atoms with Crippen molar-refractivity contribution in [3.8, 4) is 5.69 Å². The third-order valence-corrected chi connectivity index (χ3v) is 3.98. The number of halogens is 1. The maximum atomic E-state index is 13.2. The van der Waals surface area contributed by atoms with Crippen LogP contribution in [0.5, 0.6) is 0 Å². The van der Waals surface area contributed by atoms with Gasteiger partial charge in [-0.05, 0) is 44.5 Å². The van der Waals surface area contributed by atoms with Crippen LogP contribution in [0.2, 0.25) is 0 Å². The molecule has 1 aliphatic rings. The Bertz CT molecular complexity index is 740. The van der Waals surface area contributed by atoms with E-state index in [1.54, 1.807) is 24.1 Å². The van der Waals surface area contributed by atoms with Crippen LogP contribution >= 0.6 is 0 Å². The fourth-order valence-corrected chi connectivity index (χ4v) is 2.83. The summed E-state index contributed by atoms with van der Waals surface area (Å²) in [7, 11) is 0.